The third-order valence-electron chi connectivity index (χ3n) is 7.30. The zero-order chi connectivity index (χ0) is 26.7. The molecule has 1 amide bonds. The standard InChI is InChI=1S/C31H44N2O3/c1-20(29(35)36-8)17-27(34)33-25-18-26(32-19-25)28(21-9-13-23(14-10-21)30(2,3)4)22-11-15-24(16-12-22)31(5,6)7/h9-16,20,25-26,28,32H,17-19H2,1-8H3,(H,33,34)/t20-,25-,26-/m1/s1. The molecule has 196 valence electrons. The van der Waals surface area contributed by atoms with Crippen LogP contribution in [0.2, 0.25) is 0 Å². The second-order valence-electron chi connectivity index (χ2n) is 12.4. The average molecular weight is 493 g/mol. The number of carbonyl (C=O) groups excluding carboxylic acids is 2. The van der Waals surface area contributed by atoms with Crippen molar-refractivity contribution in [2.75, 3.05) is 13.7 Å². The maximum atomic E-state index is 12.6. The molecule has 5 heteroatoms. The number of carbonyl (C=O) groups is 2. The number of nitrogens with one attached hydrogen (secondary N) is 2. The van der Waals surface area contributed by atoms with Gasteiger partial charge in [0.2, 0.25) is 5.91 Å². The number of esters is 1. The molecule has 3 rings (SSSR count). The molecule has 0 aromatic heterocycles. The number of ether oxygens (including phenoxy) is 1. The predicted molar refractivity (Wildman–Crippen MR) is 146 cm³/mol. The van der Waals surface area contributed by atoms with E-state index in [1.165, 1.54) is 29.4 Å². The highest BCUT2D eigenvalue weighted by atomic mass is 16.5. The number of methoxy groups -OCH3 is 1. The summed E-state index contributed by atoms with van der Waals surface area (Å²) in [5.74, 6) is -0.745. The Balaban J connectivity index is 1.82. The van der Waals surface area contributed by atoms with Crippen LogP contribution in [0.1, 0.15) is 89.5 Å². The van der Waals surface area contributed by atoms with Gasteiger partial charge in [-0.15, -0.1) is 0 Å². The lowest BCUT2D eigenvalue weighted by atomic mass is 9.80. The molecular weight excluding hydrogens is 448 g/mol. The fraction of sp³-hybridized carbons (Fsp3) is 0.548. The molecule has 1 aliphatic heterocycles. The molecule has 1 fully saturated rings. The van der Waals surface area contributed by atoms with Crippen LogP contribution in [0.3, 0.4) is 0 Å². The Labute approximate surface area is 217 Å². The van der Waals surface area contributed by atoms with E-state index in [9.17, 15) is 9.59 Å². The van der Waals surface area contributed by atoms with E-state index < -0.39 is 5.92 Å². The van der Waals surface area contributed by atoms with Crippen LogP contribution in [0.25, 0.3) is 0 Å². The van der Waals surface area contributed by atoms with E-state index in [-0.39, 0.29) is 47.1 Å². The van der Waals surface area contributed by atoms with Crippen molar-refractivity contribution in [2.24, 2.45) is 5.92 Å². The molecule has 0 spiro atoms. The summed E-state index contributed by atoms with van der Waals surface area (Å²) < 4.78 is 4.76. The van der Waals surface area contributed by atoms with Gasteiger partial charge in [0.15, 0.2) is 0 Å². The molecular formula is C31H44N2O3. The second kappa shape index (κ2) is 11.2. The van der Waals surface area contributed by atoms with Crippen LogP contribution in [0.4, 0.5) is 0 Å². The van der Waals surface area contributed by atoms with Crippen LogP contribution in [0.5, 0.6) is 0 Å². The van der Waals surface area contributed by atoms with Gasteiger partial charge in [0, 0.05) is 31.0 Å². The lowest BCUT2D eigenvalue weighted by Gasteiger charge is -2.27. The second-order valence-corrected chi connectivity index (χ2v) is 12.4. The van der Waals surface area contributed by atoms with E-state index in [1.54, 1.807) is 6.92 Å². The van der Waals surface area contributed by atoms with Crippen LogP contribution in [-0.4, -0.2) is 37.6 Å². The Morgan fingerprint density at radius 1 is 0.917 bits per heavy atom. The number of rotatable bonds is 7. The molecule has 1 heterocycles. The Kier molecular flexibility index (Phi) is 8.66. The van der Waals surface area contributed by atoms with E-state index >= 15 is 0 Å². The highest BCUT2D eigenvalue weighted by molar-refractivity contribution is 5.82. The van der Waals surface area contributed by atoms with Gasteiger partial charge >= 0.3 is 5.97 Å². The SMILES string of the molecule is COC(=O)[C@H](C)CC(=O)N[C@H]1CN[C@@H](C(c2ccc(C(C)(C)C)cc2)c2ccc(C(C)(C)C)cc2)C1. The first-order valence-electron chi connectivity index (χ1n) is 13.1. The van der Waals surface area contributed by atoms with Crippen LogP contribution in [0, 0.1) is 5.92 Å². The maximum Gasteiger partial charge on any atom is 0.308 e. The van der Waals surface area contributed by atoms with Gasteiger partial charge in [-0.2, -0.15) is 0 Å². The summed E-state index contributed by atoms with van der Waals surface area (Å²) in [6.07, 6.45) is 0.963. The minimum absolute atomic E-state index is 0.0255. The first kappa shape index (κ1) is 27.9. The van der Waals surface area contributed by atoms with Gasteiger partial charge in [0.05, 0.1) is 13.0 Å². The van der Waals surface area contributed by atoms with Crippen LogP contribution in [0.15, 0.2) is 48.5 Å². The van der Waals surface area contributed by atoms with E-state index in [1.807, 2.05) is 0 Å². The van der Waals surface area contributed by atoms with Gasteiger partial charge < -0.3 is 15.4 Å². The normalized spacial score (nSPS) is 19.2. The van der Waals surface area contributed by atoms with Gasteiger partial charge in [-0.25, -0.2) is 0 Å². The molecule has 0 saturated carbocycles. The van der Waals surface area contributed by atoms with Gasteiger partial charge in [0.25, 0.3) is 0 Å². The molecule has 0 unspecified atom stereocenters. The third kappa shape index (κ3) is 6.97. The summed E-state index contributed by atoms with van der Waals surface area (Å²) >= 11 is 0. The zero-order valence-corrected chi connectivity index (χ0v) is 23.3. The van der Waals surface area contributed by atoms with Crippen molar-refractivity contribution in [3.05, 3.63) is 70.8 Å². The van der Waals surface area contributed by atoms with Crippen molar-refractivity contribution in [3.8, 4) is 0 Å². The Hall–Kier alpha value is -2.66. The summed E-state index contributed by atoms with van der Waals surface area (Å²) in [6, 6.07) is 18.2. The lowest BCUT2D eigenvalue weighted by Crippen LogP contribution is -2.37. The lowest BCUT2D eigenvalue weighted by molar-refractivity contribution is -0.146. The van der Waals surface area contributed by atoms with Crippen LogP contribution >= 0.6 is 0 Å². The van der Waals surface area contributed by atoms with Gasteiger partial charge in [-0.1, -0.05) is 97.0 Å². The van der Waals surface area contributed by atoms with E-state index in [0.717, 1.165) is 6.42 Å². The van der Waals surface area contributed by atoms with Crippen molar-refractivity contribution in [1.29, 1.82) is 0 Å². The molecule has 0 aliphatic carbocycles. The average Bonchev–Trinajstić information content (AvgIpc) is 3.25. The molecule has 2 aromatic carbocycles. The van der Waals surface area contributed by atoms with Crippen LogP contribution in [-0.2, 0) is 25.2 Å². The first-order chi connectivity index (χ1) is 16.8. The summed E-state index contributed by atoms with van der Waals surface area (Å²) in [4.78, 5) is 24.3. The van der Waals surface area contributed by atoms with Crippen molar-refractivity contribution in [3.63, 3.8) is 0 Å². The maximum absolute atomic E-state index is 12.6. The Morgan fingerprint density at radius 2 is 1.39 bits per heavy atom. The monoisotopic (exact) mass is 492 g/mol. The number of hydrogen-bond donors (Lipinski definition) is 2. The summed E-state index contributed by atoms with van der Waals surface area (Å²) in [7, 11) is 1.35. The molecule has 3 atom stereocenters. The molecule has 2 aromatic rings. The minimum atomic E-state index is -0.449. The Bertz CT molecular complexity index is 972. The fourth-order valence-electron chi connectivity index (χ4n) is 5.02. The summed E-state index contributed by atoms with van der Waals surface area (Å²) in [5, 5.41) is 6.81. The summed E-state index contributed by atoms with van der Waals surface area (Å²) in [6.45, 7) is 15.8. The molecule has 36 heavy (non-hydrogen) atoms. The van der Waals surface area contributed by atoms with Crippen LogP contribution < -0.4 is 10.6 Å². The Morgan fingerprint density at radius 3 is 1.81 bits per heavy atom. The first-order valence-corrected chi connectivity index (χ1v) is 13.1. The molecule has 0 radical (unpaired) electrons. The van der Waals surface area contributed by atoms with Crippen molar-refractivity contribution >= 4 is 11.9 Å². The number of hydrogen-bond acceptors (Lipinski definition) is 4. The van der Waals surface area contributed by atoms with E-state index in [0.29, 0.717) is 6.54 Å². The molecule has 0 bridgehead atoms. The third-order valence-corrected chi connectivity index (χ3v) is 7.30. The number of amides is 1. The molecule has 1 aliphatic rings. The fourth-order valence-corrected chi connectivity index (χ4v) is 5.02. The predicted octanol–water partition coefficient (Wildman–Crippen LogP) is 5.46. The highest BCUT2D eigenvalue weighted by Crippen LogP contribution is 2.35. The highest BCUT2D eigenvalue weighted by Gasteiger charge is 2.34. The van der Waals surface area contributed by atoms with Gasteiger partial charge in [-0.3, -0.25) is 9.59 Å². The molecule has 1 saturated heterocycles. The smallest absolute Gasteiger partial charge is 0.308 e. The quantitative estimate of drug-likeness (QED) is 0.504. The van der Waals surface area contributed by atoms with Gasteiger partial charge in [0.1, 0.15) is 0 Å². The van der Waals surface area contributed by atoms with E-state index in [2.05, 4.69) is 101 Å². The largest absolute Gasteiger partial charge is 0.469 e. The minimum Gasteiger partial charge on any atom is -0.469 e. The van der Waals surface area contributed by atoms with Crippen molar-refractivity contribution in [2.45, 2.75) is 90.1 Å². The van der Waals surface area contributed by atoms with Crippen molar-refractivity contribution < 1.29 is 14.3 Å². The number of benzene rings is 2. The molecule has 5 nitrogen and oxygen atoms in total. The summed E-state index contributed by atoms with van der Waals surface area (Å²) in [5.41, 5.74) is 5.38. The van der Waals surface area contributed by atoms with Crippen molar-refractivity contribution in [1.82, 2.24) is 10.6 Å². The topological polar surface area (TPSA) is 67.4 Å². The van der Waals surface area contributed by atoms with E-state index in [4.69, 9.17) is 4.74 Å². The van der Waals surface area contributed by atoms with Gasteiger partial charge in [-0.05, 0) is 39.5 Å². The molecule has 2 N–H and O–H groups in total. The zero-order valence-electron chi connectivity index (χ0n) is 23.3.